The number of methoxy groups -OCH3 is 1. The quantitative estimate of drug-likeness (QED) is 0.367. The van der Waals surface area contributed by atoms with Crippen molar-refractivity contribution in [1.29, 1.82) is 0 Å². The predicted octanol–water partition coefficient (Wildman–Crippen LogP) is 6.57. The van der Waals surface area contributed by atoms with Crippen molar-refractivity contribution in [3.8, 4) is 28.0 Å². The maximum atomic E-state index is 12.7. The summed E-state index contributed by atoms with van der Waals surface area (Å²) in [6, 6.07) is 32.0. The number of benzene rings is 4. The summed E-state index contributed by atoms with van der Waals surface area (Å²) in [6.07, 6.45) is 0. The van der Waals surface area contributed by atoms with Crippen molar-refractivity contribution < 1.29 is 9.53 Å². The molecule has 0 bridgehead atoms. The molecule has 4 aromatic carbocycles. The van der Waals surface area contributed by atoms with Crippen molar-refractivity contribution in [1.82, 2.24) is 0 Å². The van der Waals surface area contributed by atoms with Gasteiger partial charge in [-0.25, -0.2) is 0 Å². The average molecular weight is 378 g/mol. The van der Waals surface area contributed by atoms with Gasteiger partial charge in [-0.15, -0.1) is 0 Å². The van der Waals surface area contributed by atoms with Crippen molar-refractivity contribution in [3.63, 3.8) is 0 Å². The second-order valence-electron chi connectivity index (χ2n) is 7.08. The first-order valence-corrected chi connectivity index (χ1v) is 9.60. The zero-order valence-corrected chi connectivity index (χ0v) is 16.6. The topological polar surface area (TPSA) is 26.3 Å². The lowest BCUT2D eigenvalue weighted by molar-refractivity contribution is 0.103. The van der Waals surface area contributed by atoms with Gasteiger partial charge in [0.1, 0.15) is 5.75 Å². The minimum Gasteiger partial charge on any atom is -0.497 e. The molecule has 0 aliphatic carbocycles. The first-order valence-electron chi connectivity index (χ1n) is 9.60. The molecule has 0 radical (unpaired) electrons. The second-order valence-corrected chi connectivity index (χ2v) is 7.08. The van der Waals surface area contributed by atoms with Crippen molar-refractivity contribution in [2.75, 3.05) is 7.11 Å². The van der Waals surface area contributed by atoms with Crippen LogP contribution in [0.1, 0.15) is 21.5 Å². The Hall–Kier alpha value is -3.65. The molecule has 0 atom stereocenters. The van der Waals surface area contributed by atoms with Gasteiger partial charge in [-0.1, -0.05) is 78.4 Å². The van der Waals surface area contributed by atoms with Crippen LogP contribution in [0.25, 0.3) is 22.3 Å². The Labute approximate surface area is 171 Å². The van der Waals surface area contributed by atoms with E-state index in [9.17, 15) is 4.79 Å². The van der Waals surface area contributed by atoms with Gasteiger partial charge in [0, 0.05) is 11.1 Å². The smallest absolute Gasteiger partial charge is 0.193 e. The van der Waals surface area contributed by atoms with E-state index in [2.05, 4.69) is 55.5 Å². The number of hydrogen-bond acceptors (Lipinski definition) is 2. The molecule has 0 N–H and O–H groups in total. The highest BCUT2D eigenvalue weighted by molar-refractivity contribution is 6.09. The number of carbonyl (C=O) groups excluding carboxylic acids is 1. The van der Waals surface area contributed by atoms with E-state index in [0.717, 1.165) is 16.9 Å². The third-order valence-electron chi connectivity index (χ3n) is 5.10. The fraction of sp³-hybridized carbons (Fsp3) is 0.0741. The molecule has 0 heterocycles. The molecule has 0 spiro atoms. The molecule has 0 fully saturated rings. The van der Waals surface area contributed by atoms with E-state index in [-0.39, 0.29) is 5.78 Å². The normalized spacial score (nSPS) is 10.6. The maximum absolute atomic E-state index is 12.7. The number of aryl methyl sites for hydroxylation is 1. The first kappa shape index (κ1) is 18.7. The van der Waals surface area contributed by atoms with Crippen molar-refractivity contribution in [3.05, 3.63) is 114 Å². The number of carbonyl (C=O) groups is 1. The molecule has 2 nitrogen and oxygen atoms in total. The van der Waals surface area contributed by atoms with Crippen molar-refractivity contribution in [2.45, 2.75) is 6.92 Å². The Morgan fingerprint density at radius 2 is 0.897 bits per heavy atom. The van der Waals surface area contributed by atoms with Crippen LogP contribution in [-0.4, -0.2) is 12.9 Å². The molecule has 0 unspecified atom stereocenters. The third kappa shape index (κ3) is 4.12. The average Bonchev–Trinajstić information content (AvgIpc) is 2.79. The van der Waals surface area contributed by atoms with Gasteiger partial charge in [0.05, 0.1) is 7.11 Å². The Morgan fingerprint density at radius 3 is 1.31 bits per heavy atom. The van der Waals surface area contributed by atoms with Crippen LogP contribution in [-0.2, 0) is 0 Å². The van der Waals surface area contributed by atoms with Gasteiger partial charge in [-0.2, -0.15) is 0 Å². The van der Waals surface area contributed by atoms with Crippen LogP contribution >= 0.6 is 0 Å². The van der Waals surface area contributed by atoms with E-state index in [0.29, 0.717) is 11.1 Å². The Bertz CT molecular complexity index is 1110. The SMILES string of the molecule is COc1ccc(C(=O)c2ccc(-c3ccc(-c4ccc(C)cc4)cc3)cc2)cc1. The molecule has 29 heavy (non-hydrogen) atoms. The minimum absolute atomic E-state index is 0.00826. The summed E-state index contributed by atoms with van der Waals surface area (Å²) in [4.78, 5) is 12.7. The molecule has 0 saturated carbocycles. The molecule has 142 valence electrons. The van der Waals surface area contributed by atoms with Gasteiger partial charge < -0.3 is 4.74 Å². The second kappa shape index (κ2) is 8.15. The fourth-order valence-electron chi connectivity index (χ4n) is 3.32. The highest BCUT2D eigenvalue weighted by atomic mass is 16.5. The Morgan fingerprint density at radius 1 is 0.552 bits per heavy atom. The lowest BCUT2D eigenvalue weighted by Gasteiger charge is -2.07. The molecule has 2 heteroatoms. The molecule has 4 aromatic rings. The minimum atomic E-state index is 0.00826. The van der Waals surface area contributed by atoms with Crippen LogP contribution in [0.3, 0.4) is 0 Å². The lowest BCUT2D eigenvalue weighted by Crippen LogP contribution is -2.01. The highest BCUT2D eigenvalue weighted by Gasteiger charge is 2.09. The summed E-state index contributed by atoms with van der Waals surface area (Å²) in [7, 11) is 1.61. The molecule has 0 saturated heterocycles. The molecular formula is C27H22O2. The van der Waals surface area contributed by atoms with E-state index >= 15 is 0 Å². The van der Waals surface area contributed by atoms with Gasteiger partial charge in [-0.3, -0.25) is 4.79 Å². The van der Waals surface area contributed by atoms with Crippen LogP contribution in [0.2, 0.25) is 0 Å². The van der Waals surface area contributed by atoms with Gasteiger partial charge in [0.2, 0.25) is 0 Å². The molecule has 0 aliphatic rings. The monoisotopic (exact) mass is 378 g/mol. The zero-order chi connectivity index (χ0) is 20.2. The van der Waals surface area contributed by atoms with Crippen LogP contribution < -0.4 is 4.74 Å². The summed E-state index contributed by atoms with van der Waals surface area (Å²) in [5.41, 5.74) is 7.21. The Balaban J connectivity index is 1.52. The molecule has 0 aromatic heterocycles. The largest absolute Gasteiger partial charge is 0.497 e. The van der Waals surface area contributed by atoms with E-state index < -0.39 is 0 Å². The molecule has 0 aliphatic heterocycles. The van der Waals surface area contributed by atoms with Crippen LogP contribution in [0.15, 0.2) is 97.1 Å². The van der Waals surface area contributed by atoms with E-state index in [1.165, 1.54) is 16.7 Å². The zero-order valence-electron chi connectivity index (χ0n) is 16.6. The summed E-state index contributed by atoms with van der Waals surface area (Å²) in [5.74, 6) is 0.750. The van der Waals surface area contributed by atoms with E-state index in [4.69, 9.17) is 4.74 Å². The summed E-state index contributed by atoms with van der Waals surface area (Å²) < 4.78 is 5.15. The molecular weight excluding hydrogens is 356 g/mol. The first-order chi connectivity index (χ1) is 14.1. The number of rotatable bonds is 5. The number of ether oxygens (including phenoxy) is 1. The fourth-order valence-corrected chi connectivity index (χ4v) is 3.32. The Kier molecular flexibility index (Phi) is 5.26. The predicted molar refractivity (Wildman–Crippen MR) is 118 cm³/mol. The van der Waals surface area contributed by atoms with Crippen molar-refractivity contribution in [2.24, 2.45) is 0 Å². The standard InChI is InChI=1S/C27H22O2/c1-19-3-5-20(6-4-19)21-7-9-22(10-8-21)23-11-13-24(14-12-23)27(28)25-15-17-26(29-2)18-16-25/h3-18H,1-2H3. The summed E-state index contributed by atoms with van der Waals surface area (Å²) in [6.45, 7) is 2.09. The van der Waals surface area contributed by atoms with E-state index in [1.54, 1.807) is 31.4 Å². The van der Waals surface area contributed by atoms with Gasteiger partial charge >= 0.3 is 0 Å². The van der Waals surface area contributed by atoms with Crippen LogP contribution in [0.5, 0.6) is 5.75 Å². The summed E-state index contributed by atoms with van der Waals surface area (Å²) >= 11 is 0. The number of hydrogen-bond donors (Lipinski definition) is 0. The third-order valence-corrected chi connectivity index (χ3v) is 5.10. The van der Waals surface area contributed by atoms with Gasteiger partial charge in [-0.05, 0) is 53.4 Å². The number of ketones is 1. The van der Waals surface area contributed by atoms with Gasteiger partial charge in [0.25, 0.3) is 0 Å². The highest BCUT2D eigenvalue weighted by Crippen LogP contribution is 2.26. The van der Waals surface area contributed by atoms with E-state index in [1.807, 2.05) is 24.3 Å². The molecule has 0 amide bonds. The van der Waals surface area contributed by atoms with Crippen LogP contribution in [0.4, 0.5) is 0 Å². The van der Waals surface area contributed by atoms with Gasteiger partial charge in [0.15, 0.2) is 5.78 Å². The van der Waals surface area contributed by atoms with Crippen LogP contribution in [0, 0.1) is 6.92 Å². The lowest BCUT2D eigenvalue weighted by atomic mass is 9.97. The van der Waals surface area contributed by atoms with Crippen molar-refractivity contribution >= 4 is 5.78 Å². The molecule has 4 rings (SSSR count). The summed E-state index contributed by atoms with van der Waals surface area (Å²) in [5, 5.41) is 0. The maximum Gasteiger partial charge on any atom is 0.193 e.